The zero-order chi connectivity index (χ0) is 11.5. The van der Waals surface area contributed by atoms with E-state index >= 15 is 0 Å². The summed E-state index contributed by atoms with van der Waals surface area (Å²) in [6.45, 7) is 3.32. The molecule has 16 heavy (non-hydrogen) atoms. The van der Waals surface area contributed by atoms with Crippen LogP contribution < -0.4 is 15.5 Å². The third kappa shape index (κ3) is 2.15. The van der Waals surface area contributed by atoms with Gasteiger partial charge in [-0.05, 0) is 19.1 Å². The molecular formula is C11H14N2O3. The van der Waals surface area contributed by atoms with E-state index in [9.17, 15) is 4.79 Å². The van der Waals surface area contributed by atoms with Gasteiger partial charge in [0.05, 0.1) is 0 Å². The highest BCUT2D eigenvalue weighted by molar-refractivity contribution is 5.93. The number of carbonyl (C=O) groups is 1. The van der Waals surface area contributed by atoms with E-state index in [0.29, 0.717) is 17.9 Å². The topological polar surface area (TPSA) is 70.6 Å². The van der Waals surface area contributed by atoms with Crippen LogP contribution >= 0.6 is 0 Å². The van der Waals surface area contributed by atoms with E-state index in [1.807, 2.05) is 13.0 Å². The molecule has 1 amide bonds. The minimum absolute atomic E-state index is 0.280. The summed E-state index contributed by atoms with van der Waals surface area (Å²) in [6.07, 6.45) is 0. The van der Waals surface area contributed by atoms with Crippen LogP contribution in [0.3, 0.4) is 0 Å². The van der Waals surface area contributed by atoms with Gasteiger partial charge in [0, 0.05) is 23.7 Å². The van der Waals surface area contributed by atoms with Crippen LogP contribution in [-0.2, 0) is 6.54 Å². The second-order valence-corrected chi connectivity index (χ2v) is 3.86. The molecule has 0 aliphatic carbocycles. The van der Waals surface area contributed by atoms with Gasteiger partial charge in [0.25, 0.3) is 5.91 Å². The summed E-state index contributed by atoms with van der Waals surface area (Å²) in [4.78, 5) is 11.2. The first kappa shape index (κ1) is 10.9. The molecule has 0 saturated carbocycles. The summed E-state index contributed by atoms with van der Waals surface area (Å²) in [5, 5.41) is 11.8. The van der Waals surface area contributed by atoms with Crippen molar-refractivity contribution >= 4 is 5.91 Å². The standard InChI is InChI=1S/C11H14N2O3/c1-7-6-16-10-4-8(11(14)13-15)2-3-9(10)5-12-7/h2-4,7,12,15H,5-6H2,1H3,(H,13,14)/t7-/m1/s1. The number of nitrogens with one attached hydrogen (secondary N) is 2. The van der Waals surface area contributed by atoms with Crippen molar-refractivity contribution in [2.45, 2.75) is 19.5 Å². The zero-order valence-electron chi connectivity index (χ0n) is 8.99. The van der Waals surface area contributed by atoms with Crippen molar-refractivity contribution in [3.8, 4) is 5.75 Å². The highest BCUT2D eigenvalue weighted by Crippen LogP contribution is 2.22. The van der Waals surface area contributed by atoms with Crippen LogP contribution in [0.2, 0.25) is 0 Å². The lowest BCUT2D eigenvalue weighted by Gasteiger charge is -2.08. The average Bonchev–Trinajstić information content (AvgIpc) is 2.50. The van der Waals surface area contributed by atoms with Crippen LogP contribution in [-0.4, -0.2) is 23.8 Å². The Morgan fingerprint density at radius 1 is 1.62 bits per heavy atom. The SMILES string of the molecule is C[C@@H]1COc2cc(C(=O)NO)ccc2CN1. The highest BCUT2D eigenvalue weighted by atomic mass is 16.5. The van der Waals surface area contributed by atoms with Crippen molar-refractivity contribution < 1.29 is 14.7 Å². The van der Waals surface area contributed by atoms with Gasteiger partial charge in [-0.15, -0.1) is 0 Å². The van der Waals surface area contributed by atoms with Gasteiger partial charge in [0.1, 0.15) is 12.4 Å². The molecular weight excluding hydrogens is 208 g/mol. The van der Waals surface area contributed by atoms with Gasteiger partial charge in [-0.1, -0.05) is 6.07 Å². The van der Waals surface area contributed by atoms with Crippen molar-refractivity contribution in [2.75, 3.05) is 6.61 Å². The van der Waals surface area contributed by atoms with Gasteiger partial charge in [0.2, 0.25) is 0 Å². The molecule has 1 aromatic carbocycles. The maximum absolute atomic E-state index is 11.2. The molecule has 86 valence electrons. The molecule has 1 atom stereocenters. The number of hydroxylamine groups is 1. The Kier molecular flexibility index (Phi) is 3.07. The maximum atomic E-state index is 11.2. The third-order valence-corrected chi connectivity index (χ3v) is 2.56. The van der Waals surface area contributed by atoms with Crippen molar-refractivity contribution in [1.82, 2.24) is 10.8 Å². The van der Waals surface area contributed by atoms with Crippen LogP contribution in [0.5, 0.6) is 5.75 Å². The molecule has 0 aromatic heterocycles. The molecule has 3 N–H and O–H groups in total. The van der Waals surface area contributed by atoms with Gasteiger partial charge >= 0.3 is 0 Å². The Hall–Kier alpha value is -1.59. The quantitative estimate of drug-likeness (QED) is 0.482. The molecule has 1 aromatic rings. The molecule has 1 aliphatic heterocycles. The second kappa shape index (κ2) is 4.51. The van der Waals surface area contributed by atoms with Crippen LogP contribution in [0.15, 0.2) is 18.2 Å². The Labute approximate surface area is 93.4 Å². The van der Waals surface area contributed by atoms with E-state index in [-0.39, 0.29) is 6.04 Å². The number of amides is 1. The van der Waals surface area contributed by atoms with E-state index in [1.54, 1.807) is 17.6 Å². The minimum Gasteiger partial charge on any atom is -0.492 e. The van der Waals surface area contributed by atoms with E-state index in [2.05, 4.69) is 5.32 Å². The van der Waals surface area contributed by atoms with Crippen LogP contribution in [0.4, 0.5) is 0 Å². The first-order valence-corrected chi connectivity index (χ1v) is 5.14. The summed E-state index contributed by atoms with van der Waals surface area (Å²) >= 11 is 0. The van der Waals surface area contributed by atoms with Gasteiger partial charge in [-0.3, -0.25) is 10.0 Å². The fraction of sp³-hybridized carbons (Fsp3) is 0.364. The predicted molar refractivity (Wildman–Crippen MR) is 57.5 cm³/mol. The number of ether oxygens (including phenoxy) is 1. The number of hydrogen-bond donors (Lipinski definition) is 3. The lowest BCUT2D eigenvalue weighted by atomic mass is 10.1. The lowest BCUT2D eigenvalue weighted by molar-refractivity contribution is 0.0706. The van der Waals surface area contributed by atoms with E-state index in [4.69, 9.17) is 9.94 Å². The van der Waals surface area contributed by atoms with Gasteiger partial charge < -0.3 is 10.1 Å². The zero-order valence-corrected chi connectivity index (χ0v) is 8.99. The second-order valence-electron chi connectivity index (χ2n) is 3.86. The Morgan fingerprint density at radius 2 is 2.44 bits per heavy atom. The third-order valence-electron chi connectivity index (χ3n) is 2.56. The summed E-state index contributed by atoms with van der Waals surface area (Å²) in [5.74, 6) is 0.162. The van der Waals surface area contributed by atoms with E-state index in [0.717, 1.165) is 12.1 Å². The van der Waals surface area contributed by atoms with Gasteiger partial charge in [-0.25, -0.2) is 5.48 Å². The van der Waals surface area contributed by atoms with Crippen LogP contribution in [0.25, 0.3) is 0 Å². The largest absolute Gasteiger partial charge is 0.492 e. The average molecular weight is 222 g/mol. The summed E-state index contributed by atoms with van der Waals surface area (Å²) in [5.41, 5.74) is 3.00. The van der Waals surface area contributed by atoms with Gasteiger partial charge in [-0.2, -0.15) is 0 Å². The molecule has 0 radical (unpaired) electrons. The summed E-state index contributed by atoms with van der Waals surface area (Å²) < 4.78 is 5.57. The summed E-state index contributed by atoms with van der Waals surface area (Å²) in [7, 11) is 0. The lowest BCUT2D eigenvalue weighted by Crippen LogP contribution is -2.28. The molecule has 5 nitrogen and oxygen atoms in total. The van der Waals surface area contributed by atoms with Crippen molar-refractivity contribution in [3.63, 3.8) is 0 Å². The first-order valence-electron chi connectivity index (χ1n) is 5.14. The Bertz CT molecular complexity index is 406. The fourth-order valence-corrected chi connectivity index (χ4v) is 1.60. The molecule has 1 heterocycles. The molecule has 5 heteroatoms. The predicted octanol–water partition coefficient (Wildman–Crippen LogP) is 0.676. The number of rotatable bonds is 1. The minimum atomic E-state index is -0.531. The maximum Gasteiger partial charge on any atom is 0.274 e. The van der Waals surface area contributed by atoms with E-state index in [1.165, 1.54) is 0 Å². The fourth-order valence-electron chi connectivity index (χ4n) is 1.60. The first-order chi connectivity index (χ1) is 7.70. The smallest absolute Gasteiger partial charge is 0.274 e. The normalized spacial score (nSPS) is 19.2. The Morgan fingerprint density at radius 3 is 3.19 bits per heavy atom. The number of fused-ring (bicyclic) bond motifs is 1. The number of hydrogen-bond acceptors (Lipinski definition) is 4. The van der Waals surface area contributed by atoms with Gasteiger partial charge in [0.15, 0.2) is 0 Å². The monoisotopic (exact) mass is 222 g/mol. The van der Waals surface area contributed by atoms with Crippen molar-refractivity contribution in [1.29, 1.82) is 0 Å². The number of benzene rings is 1. The van der Waals surface area contributed by atoms with Crippen molar-refractivity contribution in [3.05, 3.63) is 29.3 Å². The van der Waals surface area contributed by atoms with Crippen LogP contribution in [0, 0.1) is 0 Å². The molecule has 0 spiro atoms. The van der Waals surface area contributed by atoms with Crippen LogP contribution in [0.1, 0.15) is 22.8 Å². The summed E-state index contributed by atoms with van der Waals surface area (Å²) in [6, 6.07) is 5.40. The molecule has 0 bridgehead atoms. The molecule has 1 aliphatic rings. The Balaban J connectivity index is 2.28. The van der Waals surface area contributed by atoms with E-state index < -0.39 is 5.91 Å². The highest BCUT2D eigenvalue weighted by Gasteiger charge is 2.15. The number of carbonyl (C=O) groups excluding carboxylic acids is 1. The molecule has 0 fully saturated rings. The molecule has 0 saturated heterocycles. The molecule has 2 rings (SSSR count). The molecule has 0 unspecified atom stereocenters. The van der Waals surface area contributed by atoms with Crippen molar-refractivity contribution in [2.24, 2.45) is 0 Å².